The Balaban J connectivity index is 2.94. The van der Waals surface area contributed by atoms with Crippen LogP contribution in [0.25, 0.3) is 0 Å². The SMILES string of the molecule is CC(F)CO[C@H]([C@H](F)[C@H](O)COP(=O)(O)OP(=O)(O)OP(=O)(O)O)n1ccc(N)nc1=O. The third-order valence-electron chi connectivity index (χ3n) is 3.09. The van der Waals surface area contributed by atoms with Crippen molar-refractivity contribution in [1.82, 2.24) is 9.55 Å². The zero-order valence-corrected chi connectivity index (χ0v) is 18.6. The first-order chi connectivity index (χ1) is 14.4. The average Bonchev–Trinajstić information content (AvgIpc) is 2.57. The zero-order chi connectivity index (χ0) is 24.9. The second kappa shape index (κ2) is 11.3. The predicted molar refractivity (Wildman–Crippen MR) is 99.2 cm³/mol. The molecule has 3 unspecified atom stereocenters. The third kappa shape index (κ3) is 10.2. The lowest BCUT2D eigenvalue weighted by atomic mass is 10.2. The first-order valence-corrected chi connectivity index (χ1v) is 12.7. The molecular formula is C11H20F2N3O13P3. The summed E-state index contributed by atoms with van der Waals surface area (Å²) in [7, 11) is -17.1. The summed E-state index contributed by atoms with van der Waals surface area (Å²) in [6, 6.07) is 1.06. The number of anilines is 1. The van der Waals surface area contributed by atoms with Gasteiger partial charge in [-0.3, -0.25) is 9.09 Å². The highest BCUT2D eigenvalue weighted by molar-refractivity contribution is 7.66. The van der Waals surface area contributed by atoms with Gasteiger partial charge in [-0.25, -0.2) is 27.3 Å². The van der Waals surface area contributed by atoms with Crippen molar-refractivity contribution in [3.05, 3.63) is 22.7 Å². The smallest absolute Gasteiger partial charge is 0.387 e. The Hall–Kier alpha value is -1.13. The molecule has 0 radical (unpaired) electrons. The summed E-state index contributed by atoms with van der Waals surface area (Å²) in [4.78, 5) is 50.5. The fraction of sp³-hybridized carbons (Fsp3) is 0.636. The molecule has 0 bridgehead atoms. The van der Waals surface area contributed by atoms with Gasteiger partial charge in [-0.1, -0.05) is 0 Å². The van der Waals surface area contributed by atoms with Crippen LogP contribution in [0.3, 0.4) is 0 Å². The maximum Gasteiger partial charge on any atom is 0.490 e. The lowest BCUT2D eigenvalue weighted by Gasteiger charge is -2.27. The minimum atomic E-state index is -5.83. The van der Waals surface area contributed by atoms with Gasteiger partial charge in [0.2, 0.25) is 0 Å². The number of nitrogen functional groups attached to an aromatic ring is 1. The maximum atomic E-state index is 14.8. The van der Waals surface area contributed by atoms with Gasteiger partial charge in [-0.05, 0) is 13.0 Å². The normalized spacial score (nSPS) is 20.0. The Bertz CT molecular complexity index is 972. The highest BCUT2D eigenvalue weighted by Crippen LogP contribution is 2.66. The van der Waals surface area contributed by atoms with Crippen molar-refractivity contribution >= 4 is 29.3 Å². The van der Waals surface area contributed by atoms with E-state index in [1.54, 1.807) is 0 Å². The summed E-state index contributed by atoms with van der Waals surface area (Å²) >= 11 is 0. The topological polar surface area (TPSA) is 250 Å². The number of hydrogen-bond acceptors (Lipinski definition) is 11. The number of phosphoric ester groups is 1. The van der Waals surface area contributed by atoms with Crippen LogP contribution < -0.4 is 11.4 Å². The third-order valence-corrected chi connectivity index (χ3v) is 6.89. The summed E-state index contributed by atoms with van der Waals surface area (Å²) in [6.07, 6.45) is -7.75. The van der Waals surface area contributed by atoms with Crippen LogP contribution in [0, 0.1) is 0 Å². The van der Waals surface area contributed by atoms with Gasteiger partial charge in [0.05, 0.1) is 13.2 Å². The van der Waals surface area contributed by atoms with Gasteiger partial charge in [-0.15, -0.1) is 0 Å². The molecule has 0 aliphatic rings. The molecule has 32 heavy (non-hydrogen) atoms. The van der Waals surface area contributed by atoms with Gasteiger partial charge in [-0.2, -0.15) is 13.6 Å². The quantitative estimate of drug-likeness (QED) is 0.179. The van der Waals surface area contributed by atoms with Crippen LogP contribution in [0.5, 0.6) is 0 Å². The van der Waals surface area contributed by atoms with E-state index < -0.39 is 67.0 Å². The molecule has 186 valence electrons. The minimum absolute atomic E-state index is 0.243. The molecule has 16 nitrogen and oxygen atoms in total. The molecular weight excluding hydrogens is 513 g/mol. The molecule has 0 saturated carbocycles. The molecule has 21 heteroatoms. The Morgan fingerprint density at radius 1 is 1.12 bits per heavy atom. The van der Waals surface area contributed by atoms with E-state index in [0.29, 0.717) is 4.57 Å². The van der Waals surface area contributed by atoms with Gasteiger partial charge < -0.3 is 35.2 Å². The van der Waals surface area contributed by atoms with E-state index in [1.165, 1.54) is 0 Å². The molecule has 0 aliphatic heterocycles. The molecule has 0 aliphatic carbocycles. The van der Waals surface area contributed by atoms with E-state index in [2.05, 4.69) is 18.1 Å². The van der Waals surface area contributed by atoms with Gasteiger partial charge in [0.1, 0.15) is 18.1 Å². The van der Waals surface area contributed by atoms with Crippen molar-refractivity contribution in [1.29, 1.82) is 0 Å². The van der Waals surface area contributed by atoms with Crippen LogP contribution >= 0.6 is 23.5 Å². The van der Waals surface area contributed by atoms with Crippen molar-refractivity contribution < 1.29 is 65.0 Å². The van der Waals surface area contributed by atoms with Gasteiger partial charge >= 0.3 is 29.2 Å². The van der Waals surface area contributed by atoms with Crippen LogP contribution in [0.1, 0.15) is 13.2 Å². The molecule has 6 atom stereocenters. The Labute approximate surface area is 178 Å². The van der Waals surface area contributed by atoms with E-state index in [1.807, 2.05) is 0 Å². The monoisotopic (exact) mass is 533 g/mol. The molecule has 1 aromatic rings. The largest absolute Gasteiger partial charge is 0.490 e. The van der Waals surface area contributed by atoms with Crippen molar-refractivity contribution in [2.24, 2.45) is 0 Å². The highest BCUT2D eigenvalue weighted by Gasteiger charge is 2.42. The summed E-state index contributed by atoms with van der Waals surface area (Å²) < 4.78 is 77.8. The van der Waals surface area contributed by atoms with Crippen LogP contribution in [-0.2, 0) is 31.6 Å². The first kappa shape index (κ1) is 28.9. The molecule has 0 amide bonds. The van der Waals surface area contributed by atoms with Gasteiger partial charge in [0.25, 0.3) is 0 Å². The average molecular weight is 533 g/mol. The number of rotatable bonds is 13. The zero-order valence-electron chi connectivity index (χ0n) is 15.9. The molecule has 0 fully saturated rings. The number of nitrogens with two attached hydrogens (primary N) is 1. The maximum absolute atomic E-state index is 14.8. The van der Waals surface area contributed by atoms with Crippen molar-refractivity contribution in [3.8, 4) is 0 Å². The summed E-state index contributed by atoms with van der Waals surface area (Å²) in [5.41, 5.74) is 4.16. The number of aliphatic hydroxyl groups is 1. The number of aliphatic hydroxyl groups excluding tert-OH is 1. The fourth-order valence-electron chi connectivity index (χ4n) is 1.93. The molecule has 1 heterocycles. The molecule has 1 aromatic heterocycles. The van der Waals surface area contributed by atoms with E-state index in [4.69, 9.17) is 25.2 Å². The van der Waals surface area contributed by atoms with Crippen molar-refractivity contribution in [2.75, 3.05) is 18.9 Å². The van der Waals surface area contributed by atoms with Crippen LogP contribution in [0.2, 0.25) is 0 Å². The second-order valence-corrected chi connectivity index (χ2v) is 10.4. The number of phosphoric acid groups is 3. The molecule has 7 N–H and O–H groups in total. The van der Waals surface area contributed by atoms with Crippen molar-refractivity contribution in [3.63, 3.8) is 0 Å². The number of nitrogens with zero attached hydrogens (tertiary/aromatic N) is 2. The number of halogens is 2. The van der Waals surface area contributed by atoms with Crippen molar-refractivity contribution in [2.45, 2.75) is 31.6 Å². The number of aromatic nitrogens is 2. The van der Waals surface area contributed by atoms with E-state index >= 15 is 0 Å². The fourth-order valence-corrected chi connectivity index (χ4v) is 4.97. The lowest BCUT2D eigenvalue weighted by Crippen LogP contribution is -2.41. The van der Waals surface area contributed by atoms with Crippen LogP contribution in [-0.4, -0.2) is 65.9 Å². The number of alkyl halides is 2. The number of hydrogen-bond donors (Lipinski definition) is 6. The Kier molecular flexibility index (Phi) is 10.2. The standard InChI is InChI=1S/C11H20F2N3O13P3/c1-6(12)4-26-10(16-3-2-8(14)15-11(16)18)9(13)7(17)5-27-31(22,23)29-32(24,25)28-30(19,20)21/h2-3,6-7,9-10,17H,4-5H2,1H3,(H,22,23)(H,24,25)(H2,14,15,18)(H2,19,20,21)/t6?,7-,9-,10-/m1/s1. The van der Waals surface area contributed by atoms with Gasteiger partial charge in [0, 0.05) is 6.20 Å². The molecule has 0 saturated heterocycles. The Morgan fingerprint density at radius 3 is 2.22 bits per heavy atom. The lowest BCUT2D eigenvalue weighted by molar-refractivity contribution is -0.110. The molecule has 1 rings (SSSR count). The minimum Gasteiger partial charge on any atom is -0.387 e. The molecule has 0 aromatic carbocycles. The summed E-state index contributed by atoms with van der Waals surface area (Å²) in [5.74, 6) is -0.243. The van der Waals surface area contributed by atoms with E-state index in [0.717, 1.165) is 19.2 Å². The number of ether oxygens (including phenoxy) is 1. The second-order valence-electron chi connectivity index (χ2n) is 5.95. The van der Waals surface area contributed by atoms with Crippen LogP contribution in [0.4, 0.5) is 14.6 Å². The molecule has 0 spiro atoms. The predicted octanol–water partition coefficient (Wildman–Crippen LogP) is -0.259. The Morgan fingerprint density at radius 2 is 1.72 bits per heavy atom. The van der Waals surface area contributed by atoms with Crippen LogP contribution in [0.15, 0.2) is 17.1 Å². The highest BCUT2D eigenvalue weighted by atomic mass is 31.3. The van der Waals surface area contributed by atoms with Gasteiger partial charge in [0.15, 0.2) is 12.4 Å². The van der Waals surface area contributed by atoms with E-state index in [9.17, 15) is 37.3 Å². The summed E-state index contributed by atoms with van der Waals surface area (Å²) in [5, 5.41) is 9.90. The van der Waals surface area contributed by atoms with E-state index in [-0.39, 0.29) is 5.82 Å². The first-order valence-electron chi connectivity index (χ1n) is 8.13. The summed E-state index contributed by atoms with van der Waals surface area (Å²) in [6.45, 7) is -1.14.